The maximum Gasteiger partial charge on any atom is 0.377 e. The number of hydrogen-bond acceptors (Lipinski definition) is 6. The molecule has 0 aliphatic carbocycles. The number of rotatable bonds is 5. The van der Waals surface area contributed by atoms with Crippen molar-refractivity contribution in [2.75, 3.05) is 6.61 Å². The van der Waals surface area contributed by atoms with Crippen LogP contribution in [0.15, 0.2) is 41.1 Å². The summed E-state index contributed by atoms with van der Waals surface area (Å²) in [6, 6.07) is 8.84. The van der Waals surface area contributed by atoms with Gasteiger partial charge in [0.2, 0.25) is 5.76 Å². The predicted octanol–water partition coefficient (Wildman–Crippen LogP) is 3.63. The van der Waals surface area contributed by atoms with Gasteiger partial charge in [0.05, 0.1) is 11.6 Å². The zero-order valence-corrected chi connectivity index (χ0v) is 13.0. The topological polar surface area (TPSA) is 74.5 Å². The molecule has 0 aliphatic heterocycles. The summed E-state index contributed by atoms with van der Waals surface area (Å²) in [7, 11) is 0. The Morgan fingerprint density at radius 3 is 3.04 bits per heavy atom. The van der Waals surface area contributed by atoms with Crippen molar-refractivity contribution in [3.05, 3.63) is 53.0 Å². The van der Waals surface area contributed by atoms with E-state index in [0.29, 0.717) is 22.0 Å². The van der Waals surface area contributed by atoms with Gasteiger partial charge in [-0.25, -0.2) is 4.79 Å². The highest BCUT2D eigenvalue weighted by atomic mass is 35.5. The fourth-order valence-corrected chi connectivity index (χ4v) is 2.26. The number of nitrogens with zero attached hydrogens (tertiary/aromatic N) is 2. The van der Waals surface area contributed by atoms with Gasteiger partial charge in [-0.1, -0.05) is 28.9 Å². The second-order valence-electron chi connectivity index (χ2n) is 4.64. The first-order valence-electron chi connectivity index (χ1n) is 6.97. The molecule has 6 nitrogen and oxygen atoms in total. The van der Waals surface area contributed by atoms with Gasteiger partial charge in [-0.15, -0.1) is 0 Å². The third kappa shape index (κ3) is 3.27. The van der Waals surface area contributed by atoms with Crippen LogP contribution in [0.1, 0.15) is 23.2 Å². The Bertz CT molecular complexity index is 847. The first kappa shape index (κ1) is 15.3. The Balaban J connectivity index is 1.79. The molecule has 0 unspecified atom stereocenters. The number of carbonyl (C=O) groups is 1. The van der Waals surface area contributed by atoms with Gasteiger partial charge >= 0.3 is 5.97 Å². The third-order valence-corrected chi connectivity index (χ3v) is 3.38. The zero-order chi connectivity index (χ0) is 16.2. The number of hydrogen-bond donors (Lipinski definition) is 0. The fourth-order valence-electron chi connectivity index (χ4n) is 2.06. The molecule has 3 rings (SSSR count). The number of aromatic nitrogens is 2. The molecule has 3 aromatic rings. The molecule has 7 heteroatoms. The summed E-state index contributed by atoms with van der Waals surface area (Å²) in [5.74, 6) is -0.0610. The van der Waals surface area contributed by atoms with Crippen LogP contribution in [0.4, 0.5) is 0 Å². The van der Waals surface area contributed by atoms with Crippen LogP contribution < -0.4 is 4.74 Å². The fraction of sp³-hybridized carbons (Fsp3) is 0.188. The molecule has 2 heterocycles. The number of halogens is 1. The summed E-state index contributed by atoms with van der Waals surface area (Å²) in [5, 5.41) is 5.15. The molecule has 0 atom stereocenters. The van der Waals surface area contributed by atoms with Crippen molar-refractivity contribution in [3.8, 4) is 5.75 Å². The minimum atomic E-state index is -0.559. The van der Waals surface area contributed by atoms with E-state index in [1.165, 1.54) is 6.07 Å². The largest absolute Gasteiger partial charge is 0.483 e. The molecule has 0 radical (unpaired) electrons. The molecule has 0 aliphatic rings. The van der Waals surface area contributed by atoms with E-state index in [9.17, 15) is 4.79 Å². The molecule has 118 valence electrons. The van der Waals surface area contributed by atoms with E-state index in [2.05, 4.69) is 10.1 Å². The van der Waals surface area contributed by atoms with Crippen LogP contribution in [0.5, 0.6) is 5.75 Å². The van der Waals surface area contributed by atoms with Crippen molar-refractivity contribution in [3.63, 3.8) is 0 Å². The smallest absolute Gasteiger partial charge is 0.377 e. The summed E-state index contributed by atoms with van der Waals surface area (Å²) in [4.78, 5) is 15.8. The molecule has 0 saturated carbocycles. The highest BCUT2D eigenvalue weighted by Crippen LogP contribution is 2.32. The normalized spacial score (nSPS) is 10.7. The van der Waals surface area contributed by atoms with E-state index < -0.39 is 5.97 Å². The number of benzene rings is 1. The van der Waals surface area contributed by atoms with Crippen LogP contribution in [0, 0.1) is 0 Å². The predicted molar refractivity (Wildman–Crippen MR) is 83.5 cm³/mol. The van der Waals surface area contributed by atoms with Gasteiger partial charge in [0.25, 0.3) is 0 Å². The van der Waals surface area contributed by atoms with E-state index >= 15 is 0 Å². The summed E-state index contributed by atoms with van der Waals surface area (Å²) in [6.07, 6.45) is 1.67. The van der Waals surface area contributed by atoms with Gasteiger partial charge in [-0.05, 0) is 19.1 Å². The summed E-state index contributed by atoms with van der Waals surface area (Å²) in [6.45, 7) is 2.08. The van der Waals surface area contributed by atoms with Crippen molar-refractivity contribution in [1.82, 2.24) is 10.1 Å². The SMILES string of the molecule is CCOC(=O)c1cc(COc2c(Cl)ccc3cccnc23)no1. The number of carbonyl (C=O) groups excluding carboxylic acids is 1. The standard InChI is InChI=1S/C16H13ClN2O4/c1-2-21-16(20)13-8-11(19-23-13)9-22-15-12(17)6-5-10-4-3-7-18-14(10)15/h3-8H,2,9H2,1H3. The molecule has 0 bridgehead atoms. The van der Waals surface area contributed by atoms with Gasteiger partial charge < -0.3 is 14.0 Å². The van der Waals surface area contributed by atoms with E-state index in [4.69, 9.17) is 25.6 Å². The second-order valence-corrected chi connectivity index (χ2v) is 5.05. The van der Waals surface area contributed by atoms with Gasteiger partial charge in [-0.3, -0.25) is 4.98 Å². The molecule has 0 spiro atoms. The molecule has 0 fully saturated rings. The lowest BCUT2D eigenvalue weighted by atomic mass is 10.2. The maximum absolute atomic E-state index is 11.5. The highest BCUT2D eigenvalue weighted by Gasteiger charge is 2.15. The quantitative estimate of drug-likeness (QED) is 0.664. The lowest BCUT2D eigenvalue weighted by Gasteiger charge is -2.08. The van der Waals surface area contributed by atoms with E-state index in [0.717, 1.165) is 5.39 Å². The van der Waals surface area contributed by atoms with E-state index in [-0.39, 0.29) is 19.0 Å². The molecule has 23 heavy (non-hydrogen) atoms. The Morgan fingerprint density at radius 1 is 1.35 bits per heavy atom. The van der Waals surface area contributed by atoms with Crippen molar-refractivity contribution < 1.29 is 18.8 Å². The average molecular weight is 333 g/mol. The Kier molecular flexibility index (Phi) is 4.43. The van der Waals surface area contributed by atoms with Crippen LogP contribution in [-0.4, -0.2) is 22.7 Å². The number of pyridine rings is 1. The van der Waals surface area contributed by atoms with Gasteiger partial charge in [-0.2, -0.15) is 0 Å². The van der Waals surface area contributed by atoms with E-state index in [1.807, 2.05) is 18.2 Å². The number of fused-ring (bicyclic) bond motifs is 1. The minimum absolute atomic E-state index is 0.0348. The summed E-state index contributed by atoms with van der Waals surface area (Å²) >= 11 is 6.18. The maximum atomic E-state index is 11.5. The number of esters is 1. The first-order chi connectivity index (χ1) is 11.2. The molecule has 0 saturated heterocycles. The molecule has 0 amide bonds. The van der Waals surface area contributed by atoms with Crippen LogP contribution >= 0.6 is 11.6 Å². The molecular formula is C16H13ClN2O4. The molecule has 2 aromatic heterocycles. The van der Waals surface area contributed by atoms with Crippen molar-refractivity contribution in [2.45, 2.75) is 13.5 Å². The first-order valence-corrected chi connectivity index (χ1v) is 7.35. The van der Waals surface area contributed by atoms with Crippen LogP contribution in [0.3, 0.4) is 0 Å². The van der Waals surface area contributed by atoms with Gasteiger partial charge in [0.15, 0.2) is 5.75 Å². The van der Waals surface area contributed by atoms with Gasteiger partial charge in [0, 0.05) is 17.6 Å². The molecule has 1 aromatic carbocycles. The minimum Gasteiger partial charge on any atom is -0.483 e. The Hall–Kier alpha value is -2.60. The highest BCUT2D eigenvalue weighted by molar-refractivity contribution is 6.33. The Labute approximate surface area is 137 Å². The summed E-state index contributed by atoms with van der Waals surface area (Å²) < 4.78 is 15.5. The van der Waals surface area contributed by atoms with Crippen molar-refractivity contribution >= 4 is 28.5 Å². The zero-order valence-electron chi connectivity index (χ0n) is 12.3. The third-order valence-electron chi connectivity index (χ3n) is 3.08. The number of ether oxygens (including phenoxy) is 2. The van der Waals surface area contributed by atoms with E-state index in [1.54, 1.807) is 19.2 Å². The van der Waals surface area contributed by atoms with Crippen molar-refractivity contribution in [1.29, 1.82) is 0 Å². The van der Waals surface area contributed by atoms with Crippen LogP contribution in [-0.2, 0) is 11.3 Å². The van der Waals surface area contributed by atoms with Crippen LogP contribution in [0.2, 0.25) is 5.02 Å². The van der Waals surface area contributed by atoms with Crippen LogP contribution in [0.25, 0.3) is 10.9 Å². The monoisotopic (exact) mass is 332 g/mol. The molecule has 0 N–H and O–H groups in total. The average Bonchev–Trinajstić information content (AvgIpc) is 3.03. The van der Waals surface area contributed by atoms with Gasteiger partial charge in [0.1, 0.15) is 17.8 Å². The summed E-state index contributed by atoms with van der Waals surface area (Å²) in [5.41, 5.74) is 1.12. The Morgan fingerprint density at radius 2 is 2.22 bits per heavy atom. The lowest BCUT2D eigenvalue weighted by Crippen LogP contribution is -2.02. The second kappa shape index (κ2) is 6.66. The van der Waals surface area contributed by atoms with Crippen molar-refractivity contribution in [2.24, 2.45) is 0 Å². The lowest BCUT2D eigenvalue weighted by molar-refractivity contribution is 0.0479. The molecular weight excluding hydrogens is 320 g/mol.